The summed E-state index contributed by atoms with van der Waals surface area (Å²) >= 11 is 0. The van der Waals surface area contributed by atoms with Crippen LogP contribution < -0.4 is 0 Å². The van der Waals surface area contributed by atoms with Crippen molar-refractivity contribution in [2.75, 3.05) is 0 Å². The summed E-state index contributed by atoms with van der Waals surface area (Å²) in [5, 5.41) is 0. The maximum absolute atomic E-state index is 4.94. The predicted molar refractivity (Wildman–Crippen MR) is 75.7 cm³/mol. The van der Waals surface area contributed by atoms with Gasteiger partial charge in [-0.1, -0.05) is 61.5 Å². The molecule has 1 aromatic heterocycles. The second kappa shape index (κ2) is 4.44. The van der Waals surface area contributed by atoms with Crippen LogP contribution in [0.25, 0.3) is 0 Å². The molecule has 1 aromatic rings. The summed E-state index contributed by atoms with van der Waals surface area (Å²) in [6, 6.07) is 4.45. The van der Waals surface area contributed by atoms with Crippen molar-refractivity contribution in [1.82, 2.24) is 4.98 Å². The lowest BCUT2D eigenvalue weighted by molar-refractivity contribution is 0.522. The largest absolute Gasteiger partial charge is 0.256 e. The average molecular weight is 233 g/mol. The summed E-state index contributed by atoms with van der Waals surface area (Å²) in [7, 11) is 0. The van der Waals surface area contributed by atoms with E-state index in [9.17, 15) is 0 Å². The second-order valence-electron chi connectivity index (χ2n) is 7.29. The Balaban J connectivity index is 3.41. The van der Waals surface area contributed by atoms with Gasteiger partial charge in [0.05, 0.1) is 0 Å². The van der Waals surface area contributed by atoms with Crippen LogP contribution in [0, 0.1) is 0 Å². The molecule has 0 amide bonds. The van der Waals surface area contributed by atoms with Crippen molar-refractivity contribution in [3.63, 3.8) is 0 Å². The van der Waals surface area contributed by atoms with Crippen LogP contribution in [0.2, 0.25) is 0 Å². The molecule has 1 heteroatoms. The lowest BCUT2D eigenvalue weighted by atomic mass is 9.83. The Labute approximate surface area is 107 Å². The molecule has 0 aliphatic heterocycles. The van der Waals surface area contributed by atoms with Crippen LogP contribution in [0.4, 0.5) is 0 Å². The molecule has 96 valence electrons. The Morgan fingerprint density at radius 2 is 1.41 bits per heavy atom. The van der Waals surface area contributed by atoms with E-state index in [0.717, 1.165) is 0 Å². The van der Waals surface area contributed by atoms with Gasteiger partial charge in [0.15, 0.2) is 0 Å². The Morgan fingerprint density at radius 3 is 1.76 bits per heavy atom. The van der Waals surface area contributed by atoms with E-state index in [1.165, 1.54) is 17.0 Å². The summed E-state index contributed by atoms with van der Waals surface area (Å²) in [6.45, 7) is 17.9. The molecule has 0 aliphatic carbocycles. The van der Waals surface area contributed by atoms with Crippen LogP contribution in [0.5, 0.6) is 0 Å². The number of hydrogen-bond donors (Lipinski definition) is 0. The first kappa shape index (κ1) is 14.2. The summed E-state index contributed by atoms with van der Waals surface area (Å²) in [4.78, 5) is 4.94. The molecule has 1 nitrogen and oxygen atoms in total. The van der Waals surface area contributed by atoms with E-state index in [4.69, 9.17) is 4.98 Å². The zero-order chi connectivity index (χ0) is 13.4. The first-order valence-electron chi connectivity index (χ1n) is 6.55. The fraction of sp³-hybridized carbons (Fsp3) is 0.688. The first-order valence-corrected chi connectivity index (χ1v) is 6.55. The molecule has 1 rings (SSSR count). The van der Waals surface area contributed by atoms with Crippen molar-refractivity contribution in [3.8, 4) is 0 Å². The van der Waals surface area contributed by atoms with Gasteiger partial charge in [-0.2, -0.15) is 0 Å². The fourth-order valence-electron chi connectivity index (χ4n) is 1.95. The van der Waals surface area contributed by atoms with E-state index in [0.29, 0.717) is 5.92 Å². The molecule has 0 N–H and O–H groups in total. The topological polar surface area (TPSA) is 12.9 Å². The number of rotatable bonds is 1. The molecule has 0 bridgehead atoms. The van der Waals surface area contributed by atoms with Gasteiger partial charge in [0.25, 0.3) is 0 Å². The van der Waals surface area contributed by atoms with E-state index in [-0.39, 0.29) is 10.8 Å². The highest BCUT2D eigenvalue weighted by Crippen LogP contribution is 2.31. The normalized spacial score (nSPS) is 13.2. The molecule has 1 heterocycles. The number of nitrogens with zero attached hydrogens (tertiary/aromatic N) is 1. The van der Waals surface area contributed by atoms with Gasteiger partial charge in [-0.15, -0.1) is 0 Å². The van der Waals surface area contributed by atoms with Crippen LogP contribution in [0.3, 0.4) is 0 Å². The van der Waals surface area contributed by atoms with Crippen molar-refractivity contribution in [3.05, 3.63) is 29.1 Å². The predicted octanol–water partition coefficient (Wildman–Crippen LogP) is 4.80. The highest BCUT2D eigenvalue weighted by molar-refractivity contribution is 5.32. The molecule has 0 atom stereocenters. The van der Waals surface area contributed by atoms with Gasteiger partial charge >= 0.3 is 0 Å². The molecule has 0 aliphatic rings. The van der Waals surface area contributed by atoms with E-state index in [1.54, 1.807) is 0 Å². The third-order valence-corrected chi connectivity index (χ3v) is 3.03. The molecule has 0 aromatic carbocycles. The second-order valence-corrected chi connectivity index (χ2v) is 7.29. The van der Waals surface area contributed by atoms with Gasteiger partial charge < -0.3 is 0 Å². The molecule has 0 saturated carbocycles. The SMILES string of the molecule is CC(C)c1ccc(C(C)(C)C)nc1C(C)(C)C. The van der Waals surface area contributed by atoms with Crippen LogP contribution >= 0.6 is 0 Å². The van der Waals surface area contributed by atoms with Crippen molar-refractivity contribution < 1.29 is 0 Å². The molecule has 0 saturated heterocycles. The van der Waals surface area contributed by atoms with E-state index in [1.807, 2.05) is 0 Å². The third-order valence-electron chi connectivity index (χ3n) is 3.03. The minimum absolute atomic E-state index is 0.112. The Kier molecular flexibility index (Phi) is 3.71. The minimum atomic E-state index is 0.112. The van der Waals surface area contributed by atoms with E-state index < -0.39 is 0 Å². The fourth-order valence-corrected chi connectivity index (χ4v) is 1.95. The maximum Gasteiger partial charge on any atom is 0.0495 e. The molecule has 0 unspecified atom stereocenters. The summed E-state index contributed by atoms with van der Waals surface area (Å²) in [6.07, 6.45) is 0. The smallest absolute Gasteiger partial charge is 0.0495 e. The standard InChI is InChI=1S/C16H27N/c1-11(2)12-9-10-13(15(3,4)5)17-14(12)16(6,7)8/h9-11H,1-8H3. The molecular formula is C16H27N. The van der Waals surface area contributed by atoms with Crippen molar-refractivity contribution in [2.45, 2.75) is 72.1 Å². The molecule has 17 heavy (non-hydrogen) atoms. The molecule has 0 fully saturated rings. The minimum Gasteiger partial charge on any atom is -0.256 e. The van der Waals surface area contributed by atoms with Gasteiger partial charge in [0, 0.05) is 22.2 Å². The summed E-state index contributed by atoms with van der Waals surface area (Å²) in [5.41, 5.74) is 4.05. The maximum atomic E-state index is 4.94. The van der Waals surface area contributed by atoms with Crippen LogP contribution in [0.1, 0.15) is 78.3 Å². The summed E-state index contributed by atoms with van der Waals surface area (Å²) < 4.78 is 0. The Hall–Kier alpha value is -0.850. The van der Waals surface area contributed by atoms with Crippen molar-refractivity contribution in [2.24, 2.45) is 0 Å². The lowest BCUT2D eigenvalue weighted by Crippen LogP contribution is -2.22. The zero-order valence-corrected chi connectivity index (χ0v) is 12.7. The highest BCUT2D eigenvalue weighted by Gasteiger charge is 2.24. The van der Waals surface area contributed by atoms with Crippen LogP contribution in [-0.2, 0) is 10.8 Å². The van der Waals surface area contributed by atoms with Gasteiger partial charge in [0.1, 0.15) is 0 Å². The summed E-state index contributed by atoms with van der Waals surface area (Å²) in [5.74, 6) is 0.533. The van der Waals surface area contributed by atoms with Gasteiger partial charge in [-0.3, -0.25) is 4.98 Å². The first-order chi connectivity index (χ1) is 7.53. The number of hydrogen-bond acceptors (Lipinski definition) is 1. The average Bonchev–Trinajstić information content (AvgIpc) is 2.14. The number of aromatic nitrogens is 1. The van der Waals surface area contributed by atoms with Crippen LogP contribution in [0.15, 0.2) is 12.1 Å². The van der Waals surface area contributed by atoms with Gasteiger partial charge in [-0.25, -0.2) is 0 Å². The van der Waals surface area contributed by atoms with Crippen LogP contribution in [-0.4, -0.2) is 4.98 Å². The van der Waals surface area contributed by atoms with E-state index >= 15 is 0 Å². The Morgan fingerprint density at radius 1 is 0.882 bits per heavy atom. The molecule has 0 spiro atoms. The van der Waals surface area contributed by atoms with Gasteiger partial charge in [-0.05, 0) is 17.5 Å². The van der Waals surface area contributed by atoms with Gasteiger partial charge in [0.2, 0.25) is 0 Å². The third kappa shape index (κ3) is 3.31. The quantitative estimate of drug-likeness (QED) is 0.679. The lowest BCUT2D eigenvalue weighted by Gasteiger charge is -2.27. The van der Waals surface area contributed by atoms with Crippen molar-refractivity contribution in [1.29, 1.82) is 0 Å². The molecule has 0 radical (unpaired) electrons. The van der Waals surface area contributed by atoms with E-state index in [2.05, 4.69) is 67.5 Å². The highest BCUT2D eigenvalue weighted by atomic mass is 14.8. The monoisotopic (exact) mass is 233 g/mol. The van der Waals surface area contributed by atoms with Crippen molar-refractivity contribution >= 4 is 0 Å². The Bertz CT molecular complexity index is 389. The molecular weight excluding hydrogens is 206 g/mol. The number of pyridine rings is 1. The zero-order valence-electron chi connectivity index (χ0n) is 12.7.